The highest BCUT2D eigenvalue weighted by atomic mass is 16.1. The second kappa shape index (κ2) is 10.6. The minimum Gasteiger partial charge on any atom is -0.305 e. The van der Waals surface area contributed by atoms with Crippen LogP contribution in [0.25, 0.3) is 0 Å². The lowest BCUT2D eigenvalue weighted by atomic mass is 10.1. The first-order chi connectivity index (χ1) is 5.79. The Kier molecular flexibility index (Phi) is 12.6. The van der Waals surface area contributed by atoms with E-state index < -0.39 is 0 Å². The van der Waals surface area contributed by atoms with Crippen molar-refractivity contribution in [2.75, 3.05) is 20.1 Å². The normalized spacial score (nSPS) is 16.9. The molecule has 0 N–H and O–H groups in total. The van der Waals surface area contributed by atoms with Gasteiger partial charge in [-0.15, -0.1) is 0 Å². The molecule has 0 saturated carbocycles. The Morgan fingerprint density at radius 3 is 1.58 bits per heavy atom. The maximum Gasteiger partial charge on any atom is 0.135 e. The van der Waals surface area contributed by atoms with Crippen LogP contribution in [0.5, 0.6) is 0 Å². The average molecular weight is 173 g/mol. The summed E-state index contributed by atoms with van der Waals surface area (Å²) in [6.45, 7) is 9.91. The van der Waals surface area contributed by atoms with Crippen molar-refractivity contribution >= 4 is 5.78 Å². The molecule has 0 atom stereocenters. The summed E-state index contributed by atoms with van der Waals surface area (Å²) in [7, 11) is 2.05. The van der Waals surface area contributed by atoms with Crippen LogP contribution >= 0.6 is 0 Å². The Labute approximate surface area is 77.0 Å². The molecule has 0 aromatic carbocycles. The Balaban J connectivity index is 0. The van der Waals surface area contributed by atoms with Crippen LogP contribution in [0.4, 0.5) is 0 Å². The van der Waals surface area contributed by atoms with Gasteiger partial charge in [-0.1, -0.05) is 27.7 Å². The summed E-state index contributed by atoms with van der Waals surface area (Å²) in [5.41, 5.74) is 0. The molecule has 74 valence electrons. The number of carbonyl (C=O) groups excluding carboxylic acids is 1. The van der Waals surface area contributed by atoms with Gasteiger partial charge in [-0.2, -0.15) is 0 Å². The molecule has 0 aromatic rings. The highest BCUT2D eigenvalue weighted by molar-refractivity contribution is 5.79. The minimum atomic E-state index is 0.420. The van der Waals surface area contributed by atoms with Gasteiger partial charge in [-0.3, -0.25) is 4.79 Å². The van der Waals surface area contributed by atoms with Gasteiger partial charge in [-0.05, 0) is 7.05 Å². The third-order valence-electron chi connectivity index (χ3n) is 1.54. The molecule has 1 heterocycles. The molecule has 0 amide bonds. The Hall–Kier alpha value is -0.370. The van der Waals surface area contributed by atoms with Crippen molar-refractivity contribution in [1.29, 1.82) is 0 Å². The summed E-state index contributed by atoms with van der Waals surface area (Å²) >= 11 is 0. The van der Waals surface area contributed by atoms with Gasteiger partial charge in [0.2, 0.25) is 0 Å². The Morgan fingerprint density at radius 1 is 1.00 bits per heavy atom. The van der Waals surface area contributed by atoms with Gasteiger partial charge in [0.15, 0.2) is 0 Å². The summed E-state index contributed by atoms with van der Waals surface area (Å²) in [4.78, 5) is 12.8. The topological polar surface area (TPSA) is 20.3 Å². The van der Waals surface area contributed by atoms with Crippen molar-refractivity contribution in [3.05, 3.63) is 0 Å². The molecule has 0 spiro atoms. The van der Waals surface area contributed by atoms with E-state index in [0.717, 1.165) is 25.9 Å². The molecule has 0 unspecified atom stereocenters. The fourth-order valence-electron chi connectivity index (χ4n) is 0.868. The van der Waals surface area contributed by atoms with Crippen LogP contribution in [-0.2, 0) is 4.79 Å². The smallest absolute Gasteiger partial charge is 0.135 e. The van der Waals surface area contributed by atoms with Crippen LogP contribution in [0.15, 0.2) is 0 Å². The maximum atomic E-state index is 10.6. The molecule has 0 aromatic heterocycles. The van der Waals surface area contributed by atoms with Gasteiger partial charge >= 0.3 is 0 Å². The number of hydrogen-bond acceptors (Lipinski definition) is 2. The van der Waals surface area contributed by atoms with E-state index in [1.165, 1.54) is 0 Å². The summed E-state index contributed by atoms with van der Waals surface area (Å²) < 4.78 is 0. The first-order valence-corrected chi connectivity index (χ1v) is 4.99. The molecule has 0 bridgehead atoms. The number of rotatable bonds is 0. The number of nitrogens with zero attached hydrogens (tertiary/aromatic N) is 1. The van der Waals surface area contributed by atoms with Gasteiger partial charge in [0.05, 0.1) is 0 Å². The summed E-state index contributed by atoms with van der Waals surface area (Å²) in [6.07, 6.45) is 1.52. The van der Waals surface area contributed by atoms with Crippen LogP contribution in [0.2, 0.25) is 0 Å². The third-order valence-corrected chi connectivity index (χ3v) is 1.54. The predicted octanol–water partition coefficient (Wildman–Crippen LogP) is 2.33. The van der Waals surface area contributed by atoms with E-state index in [1.54, 1.807) is 0 Å². The number of ketones is 1. The van der Waals surface area contributed by atoms with E-state index in [9.17, 15) is 4.79 Å². The lowest BCUT2D eigenvalue weighted by molar-refractivity contribution is -0.121. The van der Waals surface area contributed by atoms with Crippen LogP contribution in [-0.4, -0.2) is 30.8 Å². The van der Waals surface area contributed by atoms with Crippen LogP contribution < -0.4 is 0 Å². The average Bonchev–Trinajstić information content (AvgIpc) is 2.17. The number of Topliss-reactive ketones (excluding diaryl/α,β-unsaturated/α-hetero) is 1. The fourth-order valence-corrected chi connectivity index (χ4v) is 0.868. The molecule has 0 aliphatic carbocycles. The largest absolute Gasteiger partial charge is 0.305 e. The van der Waals surface area contributed by atoms with Crippen molar-refractivity contribution in [2.45, 2.75) is 40.5 Å². The van der Waals surface area contributed by atoms with Gasteiger partial charge < -0.3 is 4.90 Å². The van der Waals surface area contributed by atoms with Crippen molar-refractivity contribution in [1.82, 2.24) is 4.90 Å². The summed E-state index contributed by atoms with van der Waals surface area (Å²) in [5.74, 6) is 0.420. The molecular formula is C10H23NO. The molecule has 1 aliphatic heterocycles. The number of carbonyl (C=O) groups is 1. The second-order valence-corrected chi connectivity index (χ2v) is 2.34. The summed E-state index contributed by atoms with van der Waals surface area (Å²) in [6, 6.07) is 0. The monoisotopic (exact) mass is 173 g/mol. The van der Waals surface area contributed by atoms with Crippen LogP contribution in [0, 0.1) is 0 Å². The van der Waals surface area contributed by atoms with E-state index >= 15 is 0 Å². The molecule has 1 rings (SSSR count). The Bertz CT molecular complexity index is 92.0. The molecular weight excluding hydrogens is 150 g/mol. The Morgan fingerprint density at radius 2 is 1.33 bits per heavy atom. The molecule has 1 fully saturated rings. The van der Waals surface area contributed by atoms with E-state index in [4.69, 9.17) is 0 Å². The van der Waals surface area contributed by atoms with Crippen molar-refractivity contribution in [3.63, 3.8) is 0 Å². The minimum absolute atomic E-state index is 0.420. The zero-order valence-corrected chi connectivity index (χ0v) is 9.18. The first kappa shape index (κ1) is 14.2. The summed E-state index contributed by atoms with van der Waals surface area (Å²) in [5, 5.41) is 0. The van der Waals surface area contributed by atoms with Crippen molar-refractivity contribution in [3.8, 4) is 0 Å². The van der Waals surface area contributed by atoms with Gasteiger partial charge in [-0.25, -0.2) is 0 Å². The molecule has 0 radical (unpaired) electrons. The molecule has 2 nitrogen and oxygen atoms in total. The number of hydrogen-bond donors (Lipinski definition) is 0. The lowest BCUT2D eigenvalue weighted by Gasteiger charge is -2.19. The standard InChI is InChI=1S/C6H11NO.2C2H6/c1-7-4-2-6(8)3-5-7;2*1-2/h2-5H2,1H3;2*1-2H3. The highest BCUT2D eigenvalue weighted by Gasteiger charge is 2.10. The van der Waals surface area contributed by atoms with Crippen LogP contribution in [0.3, 0.4) is 0 Å². The van der Waals surface area contributed by atoms with Crippen molar-refractivity contribution in [2.24, 2.45) is 0 Å². The fraction of sp³-hybridized carbons (Fsp3) is 0.900. The maximum absolute atomic E-state index is 10.6. The lowest BCUT2D eigenvalue weighted by Crippen LogP contribution is -2.29. The molecule has 1 aliphatic rings. The van der Waals surface area contributed by atoms with Gasteiger partial charge in [0.1, 0.15) is 5.78 Å². The van der Waals surface area contributed by atoms with E-state index in [2.05, 4.69) is 4.90 Å². The number of likely N-dealkylation sites (tertiary alicyclic amines) is 1. The third kappa shape index (κ3) is 7.73. The second-order valence-electron chi connectivity index (χ2n) is 2.34. The van der Waals surface area contributed by atoms with Crippen molar-refractivity contribution < 1.29 is 4.79 Å². The van der Waals surface area contributed by atoms with E-state index in [-0.39, 0.29) is 0 Å². The van der Waals surface area contributed by atoms with E-state index in [0.29, 0.717) is 5.78 Å². The highest BCUT2D eigenvalue weighted by Crippen LogP contribution is 2.01. The van der Waals surface area contributed by atoms with E-state index in [1.807, 2.05) is 34.7 Å². The quantitative estimate of drug-likeness (QED) is 0.560. The molecule has 2 heteroatoms. The molecule has 1 saturated heterocycles. The predicted molar refractivity (Wildman–Crippen MR) is 54.4 cm³/mol. The SMILES string of the molecule is CC.CC.CN1CCC(=O)CC1. The van der Waals surface area contributed by atoms with Crippen LogP contribution in [0.1, 0.15) is 40.5 Å². The number of piperidine rings is 1. The zero-order valence-electron chi connectivity index (χ0n) is 9.18. The first-order valence-electron chi connectivity index (χ1n) is 4.99. The van der Waals surface area contributed by atoms with Gasteiger partial charge in [0.25, 0.3) is 0 Å². The molecule has 12 heavy (non-hydrogen) atoms. The van der Waals surface area contributed by atoms with Gasteiger partial charge in [0, 0.05) is 25.9 Å². The zero-order chi connectivity index (χ0) is 9.98.